The Hall–Kier alpha value is -2.41. The number of nitrogens with zero attached hydrogens (tertiary/aromatic N) is 1. The highest BCUT2D eigenvalue weighted by molar-refractivity contribution is 5.92. The fourth-order valence-electron chi connectivity index (χ4n) is 2.51. The number of furan rings is 1. The monoisotopic (exact) mass is 337 g/mol. The van der Waals surface area contributed by atoms with Gasteiger partial charge in [-0.1, -0.05) is 0 Å². The van der Waals surface area contributed by atoms with Crippen molar-refractivity contribution >= 4 is 5.91 Å². The lowest BCUT2D eigenvalue weighted by Crippen LogP contribution is -2.47. The first-order valence-corrected chi connectivity index (χ1v) is 7.57. The minimum atomic E-state index is -0.647. The third-order valence-corrected chi connectivity index (χ3v) is 3.80. The number of carbonyl (C=O) groups excluding carboxylic acids is 1. The molecule has 0 bridgehead atoms. The molecular weight excluding hydrogens is 320 g/mol. The Morgan fingerprint density at radius 1 is 1.38 bits per heavy atom. The van der Waals surface area contributed by atoms with Crippen LogP contribution < -0.4 is 4.74 Å². The van der Waals surface area contributed by atoms with E-state index in [4.69, 9.17) is 13.9 Å². The van der Waals surface area contributed by atoms with Gasteiger partial charge in [0.1, 0.15) is 18.5 Å². The first kappa shape index (κ1) is 16.4. The molecule has 0 radical (unpaired) electrons. The topological polar surface area (TPSA) is 51.9 Å². The molecule has 1 atom stereocenters. The van der Waals surface area contributed by atoms with Gasteiger partial charge in [-0.05, 0) is 25.1 Å². The van der Waals surface area contributed by atoms with E-state index < -0.39 is 17.7 Å². The van der Waals surface area contributed by atoms with Crippen molar-refractivity contribution in [1.29, 1.82) is 0 Å². The highest BCUT2D eigenvalue weighted by Crippen LogP contribution is 2.20. The molecule has 1 amide bonds. The van der Waals surface area contributed by atoms with Gasteiger partial charge in [-0.2, -0.15) is 0 Å². The lowest BCUT2D eigenvalue weighted by Gasteiger charge is -2.32. The number of rotatable bonds is 4. The van der Waals surface area contributed by atoms with Gasteiger partial charge in [-0.15, -0.1) is 0 Å². The van der Waals surface area contributed by atoms with Crippen molar-refractivity contribution in [1.82, 2.24) is 4.90 Å². The average molecular weight is 337 g/mol. The van der Waals surface area contributed by atoms with Crippen LogP contribution in [0, 0.1) is 18.6 Å². The van der Waals surface area contributed by atoms with Gasteiger partial charge < -0.3 is 18.8 Å². The van der Waals surface area contributed by atoms with Crippen molar-refractivity contribution in [3.8, 4) is 5.75 Å². The van der Waals surface area contributed by atoms with Crippen LogP contribution in [0.15, 0.2) is 34.9 Å². The van der Waals surface area contributed by atoms with E-state index in [2.05, 4.69) is 0 Å². The second-order valence-corrected chi connectivity index (χ2v) is 5.56. The van der Waals surface area contributed by atoms with Crippen molar-refractivity contribution in [2.75, 3.05) is 26.3 Å². The summed E-state index contributed by atoms with van der Waals surface area (Å²) in [5.74, 6) is -1.33. The normalized spacial score (nSPS) is 17.8. The Morgan fingerprint density at radius 2 is 2.21 bits per heavy atom. The minimum Gasteiger partial charge on any atom is -0.488 e. The molecule has 0 N–H and O–H groups in total. The summed E-state index contributed by atoms with van der Waals surface area (Å²) < 4.78 is 42.7. The predicted octanol–water partition coefficient (Wildman–Crippen LogP) is 2.79. The zero-order chi connectivity index (χ0) is 17.1. The number of hydrogen-bond donors (Lipinski definition) is 0. The van der Waals surface area contributed by atoms with Crippen molar-refractivity contribution in [3.05, 3.63) is 53.5 Å². The van der Waals surface area contributed by atoms with Gasteiger partial charge in [0, 0.05) is 18.2 Å². The number of benzene rings is 1. The summed E-state index contributed by atoms with van der Waals surface area (Å²) in [4.78, 5) is 14.0. The maximum absolute atomic E-state index is 13.5. The standard InChI is InChI=1S/C17H17F2NO4/c1-11-4-6-23-16(11)17(21)20-5-7-22-13(9-20)10-24-15-8-12(18)2-3-14(15)19/h2-4,6,8,13H,5,7,9-10H2,1H3. The van der Waals surface area contributed by atoms with Crippen LogP contribution in [-0.2, 0) is 4.74 Å². The van der Waals surface area contributed by atoms with Gasteiger partial charge in [0.15, 0.2) is 17.3 Å². The number of aryl methyl sites for hydroxylation is 1. The predicted molar refractivity (Wildman–Crippen MR) is 80.9 cm³/mol. The molecule has 128 valence electrons. The van der Waals surface area contributed by atoms with E-state index in [-0.39, 0.29) is 24.8 Å². The number of amides is 1. The van der Waals surface area contributed by atoms with Crippen molar-refractivity contribution in [2.45, 2.75) is 13.0 Å². The number of morpholine rings is 1. The Morgan fingerprint density at radius 3 is 2.96 bits per heavy atom. The SMILES string of the molecule is Cc1ccoc1C(=O)N1CCOC(COc2cc(F)ccc2F)C1. The molecule has 1 saturated heterocycles. The largest absolute Gasteiger partial charge is 0.488 e. The van der Waals surface area contributed by atoms with Gasteiger partial charge in [0.05, 0.1) is 19.4 Å². The van der Waals surface area contributed by atoms with E-state index in [9.17, 15) is 13.6 Å². The van der Waals surface area contributed by atoms with Gasteiger partial charge in [-0.3, -0.25) is 4.79 Å². The van der Waals surface area contributed by atoms with Gasteiger partial charge in [0.2, 0.25) is 0 Å². The third-order valence-electron chi connectivity index (χ3n) is 3.80. The molecule has 1 aliphatic rings. The zero-order valence-corrected chi connectivity index (χ0v) is 13.1. The first-order valence-electron chi connectivity index (χ1n) is 7.57. The Bertz CT molecular complexity index is 731. The fraction of sp³-hybridized carbons (Fsp3) is 0.353. The summed E-state index contributed by atoms with van der Waals surface area (Å²) in [6, 6.07) is 4.72. The van der Waals surface area contributed by atoms with Crippen LogP contribution in [0.25, 0.3) is 0 Å². The number of carbonyl (C=O) groups is 1. The Kier molecular flexibility index (Phi) is 4.80. The molecule has 0 saturated carbocycles. The molecule has 7 heteroatoms. The number of halogens is 2. The van der Waals surface area contributed by atoms with Crippen LogP contribution >= 0.6 is 0 Å². The molecule has 1 aromatic carbocycles. The molecule has 5 nitrogen and oxygen atoms in total. The molecule has 2 heterocycles. The second kappa shape index (κ2) is 7.00. The van der Waals surface area contributed by atoms with E-state index >= 15 is 0 Å². The van der Waals surface area contributed by atoms with Crippen molar-refractivity contribution in [3.63, 3.8) is 0 Å². The summed E-state index contributed by atoms with van der Waals surface area (Å²) in [5, 5.41) is 0. The summed E-state index contributed by atoms with van der Waals surface area (Å²) in [6.45, 7) is 2.87. The third kappa shape index (κ3) is 3.56. The number of hydrogen-bond acceptors (Lipinski definition) is 4. The highest BCUT2D eigenvalue weighted by atomic mass is 19.1. The van der Waals surface area contributed by atoms with Crippen molar-refractivity contribution < 1.29 is 27.5 Å². The second-order valence-electron chi connectivity index (χ2n) is 5.56. The van der Waals surface area contributed by atoms with Crippen molar-refractivity contribution in [2.24, 2.45) is 0 Å². The molecular formula is C17H17F2NO4. The van der Waals surface area contributed by atoms with E-state index in [0.29, 0.717) is 18.9 Å². The number of ether oxygens (including phenoxy) is 2. The average Bonchev–Trinajstić information content (AvgIpc) is 3.01. The molecule has 24 heavy (non-hydrogen) atoms. The summed E-state index contributed by atoms with van der Waals surface area (Å²) in [6.07, 6.45) is 1.04. The lowest BCUT2D eigenvalue weighted by molar-refractivity contribution is -0.0413. The van der Waals surface area contributed by atoms with E-state index in [1.165, 1.54) is 6.26 Å². The lowest BCUT2D eigenvalue weighted by atomic mass is 10.2. The van der Waals surface area contributed by atoms with Gasteiger partial charge in [0.25, 0.3) is 5.91 Å². The van der Waals surface area contributed by atoms with E-state index in [0.717, 1.165) is 23.8 Å². The molecule has 1 aromatic heterocycles. The van der Waals surface area contributed by atoms with E-state index in [1.807, 2.05) is 0 Å². The zero-order valence-electron chi connectivity index (χ0n) is 13.1. The maximum Gasteiger partial charge on any atom is 0.289 e. The first-order chi connectivity index (χ1) is 11.5. The van der Waals surface area contributed by atoms with Crippen LogP contribution in [0.3, 0.4) is 0 Å². The van der Waals surface area contributed by atoms with Gasteiger partial charge >= 0.3 is 0 Å². The molecule has 3 rings (SSSR count). The Labute approximate surface area is 137 Å². The summed E-state index contributed by atoms with van der Waals surface area (Å²) >= 11 is 0. The molecule has 1 aliphatic heterocycles. The smallest absolute Gasteiger partial charge is 0.289 e. The van der Waals surface area contributed by atoms with Crippen LogP contribution in [-0.4, -0.2) is 43.2 Å². The molecule has 0 aliphatic carbocycles. The maximum atomic E-state index is 13.5. The highest BCUT2D eigenvalue weighted by Gasteiger charge is 2.28. The molecule has 2 aromatic rings. The minimum absolute atomic E-state index is 0.0152. The van der Waals surface area contributed by atoms with Crippen LogP contribution in [0.1, 0.15) is 16.1 Å². The van der Waals surface area contributed by atoms with Gasteiger partial charge in [-0.25, -0.2) is 8.78 Å². The van der Waals surface area contributed by atoms with Crippen LogP contribution in [0.2, 0.25) is 0 Å². The van der Waals surface area contributed by atoms with Crippen LogP contribution in [0.4, 0.5) is 8.78 Å². The fourth-order valence-corrected chi connectivity index (χ4v) is 2.51. The molecule has 1 unspecified atom stereocenters. The quantitative estimate of drug-likeness (QED) is 0.861. The molecule has 0 spiro atoms. The summed E-state index contributed by atoms with van der Waals surface area (Å²) in [5.41, 5.74) is 0.765. The Balaban J connectivity index is 1.60. The molecule has 1 fully saturated rings. The summed E-state index contributed by atoms with van der Waals surface area (Å²) in [7, 11) is 0. The van der Waals surface area contributed by atoms with Crippen LogP contribution in [0.5, 0.6) is 5.75 Å². The van der Waals surface area contributed by atoms with E-state index in [1.54, 1.807) is 17.9 Å².